The fraction of sp³-hybridized carbons (Fsp3) is 0.182. The highest BCUT2D eigenvalue weighted by molar-refractivity contribution is 9.10. The predicted molar refractivity (Wildman–Crippen MR) is 77.9 cm³/mol. The molecule has 8 heteroatoms. The lowest BCUT2D eigenvalue weighted by Gasteiger charge is -2.11. The molecule has 0 aliphatic carbocycles. The molecule has 0 saturated carbocycles. The third-order valence-corrected chi connectivity index (χ3v) is 5.34. The van der Waals surface area contributed by atoms with Gasteiger partial charge in [-0.05, 0) is 24.6 Å². The molecule has 0 aliphatic rings. The zero-order valence-electron chi connectivity index (χ0n) is 10.2. The summed E-state index contributed by atoms with van der Waals surface area (Å²) in [5.74, 6) is 0. The van der Waals surface area contributed by atoms with Gasteiger partial charge in [-0.25, -0.2) is 0 Å². The lowest BCUT2D eigenvalue weighted by Crippen LogP contribution is -2.17. The van der Waals surface area contributed by atoms with Gasteiger partial charge in [-0.15, -0.1) is 0 Å². The average Bonchev–Trinajstić information content (AvgIpc) is 2.65. The summed E-state index contributed by atoms with van der Waals surface area (Å²) in [7, 11) is -2.25. The molecule has 2 aromatic rings. The summed E-state index contributed by atoms with van der Waals surface area (Å²) in [5, 5.41) is 3.84. The first kappa shape index (κ1) is 14.4. The molecule has 0 amide bonds. The fourth-order valence-electron chi connectivity index (χ4n) is 1.61. The highest BCUT2D eigenvalue weighted by atomic mass is 79.9. The van der Waals surface area contributed by atoms with E-state index < -0.39 is 10.0 Å². The van der Waals surface area contributed by atoms with Crippen molar-refractivity contribution in [3.05, 3.63) is 39.5 Å². The summed E-state index contributed by atoms with van der Waals surface area (Å²) in [6.07, 6.45) is 1.30. The van der Waals surface area contributed by atoms with Crippen molar-refractivity contribution in [1.82, 2.24) is 9.78 Å². The van der Waals surface area contributed by atoms with E-state index in [9.17, 15) is 8.42 Å². The molecule has 0 radical (unpaired) electrons. The molecular formula is C11H11BrClN3O2S. The van der Waals surface area contributed by atoms with Crippen LogP contribution in [0.15, 0.2) is 33.9 Å². The van der Waals surface area contributed by atoms with Crippen LogP contribution >= 0.6 is 27.5 Å². The molecule has 2 rings (SSSR count). The monoisotopic (exact) mass is 363 g/mol. The Kier molecular flexibility index (Phi) is 3.89. The first-order chi connectivity index (χ1) is 8.83. The Morgan fingerprint density at radius 2 is 2.11 bits per heavy atom. The summed E-state index contributed by atoms with van der Waals surface area (Å²) in [6, 6.07) is 5.27. The molecule has 1 N–H and O–H groups in total. The van der Waals surface area contributed by atoms with E-state index in [1.54, 1.807) is 12.1 Å². The number of nitrogens with zero attached hydrogens (tertiary/aromatic N) is 2. The molecular weight excluding hydrogens is 354 g/mol. The maximum atomic E-state index is 12.3. The zero-order valence-corrected chi connectivity index (χ0v) is 13.3. The molecule has 5 nitrogen and oxygen atoms in total. The van der Waals surface area contributed by atoms with Gasteiger partial charge >= 0.3 is 0 Å². The minimum absolute atomic E-state index is 0.0615. The highest BCUT2D eigenvalue weighted by Crippen LogP contribution is 2.27. The van der Waals surface area contributed by atoms with Crippen molar-refractivity contribution in [3.63, 3.8) is 0 Å². The molecule has 19 heavy (non-hydrogen) atoms. The van der Waals surface area contributed by atoms with Gasteiger partial charge < -0.3 is 0 Å². The van der Waals surface area contributed by atoms with Gasteiger partial charge in [0.2, 0.25) is 0 Å². The van der Waals surface area contributed by atoms with E-state index in [1.165, 1.54) is 17.9 Å². The number of anilines is 1. The zero-order chi connectivity index (χ0) is 14.2. The van der Waals surface area contributed by atoms with Crippen molar-refractivity contribution in [3.8, 4) is 0 Å². The number of sulfonamides is 1. The molecule has 1 heterocycles. The Bertz CT molecular complexity index is 708. The number of rotatable bonds is 3. The molecule has 102 valence electrons. The summed E-state index contributed by atoms with van der Waals surface area (Å²) in [4.78, 5) is 0. The van der Waals surface area contributed by atoms with Crippen LogP contribution in [0.4, 0.5) is 5.69 Å². The third kappa shape index (κ3) is 2.77. The van der Waals surface area contributed by atoms with Crippen LogP contribution in [0.3, 0.4) is 0 Å². The van der Waals surface area contributed by atoms with Crippen molar-refractivity contribution in [1.29, 1.82) is 0 Å². The first-order valence-electron chi connectivity index (χ1n) is 5.28. The maximum Gasteiger partial charge on any atom is 0.280 e. The van der Waals surface area contributed by atoms with Crippen molar-refractivity contribution in [2.75, 3.05) is 4.72 Å². The van der Waals surface area contributed by atoms with Gasteiger partial charge in [-0.2, -0.15) is 13.5 Å². The number of benzene rings is 1. The van der Waals surface area contributed by atoms with Gasteiger partial charge in [-0.1, -0.05) is 33.6 Å². The topological polar surface area (TPSA) is 64.0 Å². The quantitative estimate of drug-likeness (QED) is 0.910. The number of halogens is 2. The van der Waals surface area contributed by atoms with Crippen LogP contribution in [0.1, 0.15) is 5.56 Å². The third-order valence-electron chi connectivity index (χ3n) is 2.61. The fourth-order valence-corrected chi connectivity index (χ4v) is 3.76. The molecule has 1 aromatic carbocycles. The molecule has 0 fully saturated rings. The lowest BCUT2D eigenvalue weighted by atomic mass is 10.2. The number of aromatic nitrogens is 2. The number of hydrogen-bond acceptors (Lipinski definition) is 3. The van der Waals surface area contributed by atoms with Gasteiger partial charge in [0, 0.05) is 11.5 Å². The van der Waals surface area contributed by atoms with Crippen LogP contribution in [0.25, 0.3) is 0 Å². The highest BCUT2D eigenvalue weighted by Gasteiger charge is 2.23. The van der Waals surface area contributed by atoms with E-state index in [2.05, 4.69) is 25.8 Å². The summed E-state index contributed by atoms with van der Waals surface area (Å²) in [6.45, 7) is 1.81. The van der Waals surface area contributed by atoms with Gasteiger partial charge in [-0.3, -0.25) is 9.40 Å². The second-order valence-corrected chi connectivity index (χ2v) is 6.80. The van der Waals surface area contributed by atoms with Gasteiger partial charge in [0.1, 0.15) is 0 Å². The lowest BCUT2D eigenvalue weighted by molar-refractivity contribution is 0.582. The van der Waals surface area contributed by atoms with E-state index in [0.29, 0.717) is 5.69 Å². The van der Waals surface area contributed by atoms with Crippen molar-refractivity contribution < 1.29 is 8.42 Å². The van der Waals surface area contributed by atoms with Crippen LogP contribution in [0, 0.1) is 6.92 Å². The Balaban J connectivity index is 2.46. The SMILES string of the molecule is Cc1c(Br)cccc1NS(=O)(=O)c1c(Cl)cnn1C. The molecule has 1 aromatic heterocycles. The van der Waals surface area contributed by atoms with Crippen molar-refractivity contribution in [2.24, 2.45) is 7.05 Å². The Hall–Kier alpha value is -1.05. The smallest absolute Gasteiger partial charge is 0.278 e. The molecule has 0 bridgehead atoms. The predicted octanol–water partition coefficient (Wildman–Crippen LogP) is 2.95. The Morgan fingerprint density at radius 1 is 1.42 bits per heavy atom. The normalized spacial score (nSPS) is 11.6. The maximum absolute atomic E-state index is 12.3. The molecule has 0 saturated heterocycles. The van der Waals surface area contributed by atoms with Gasteiger partial charge in [0.15, 0.2) is 5.03 Å². The summed E-state index contributed by atoms with van der Waals surface area (Å²) >= 11 is 9.21. The van der Waals surface area contributed by atoms with E-state index in [1.807, 2.05) is 13.0 Å². The molecule has 0 atom stereocenters. The van der Waals surface area contributed by atoms with Crippen LogP contribution < -0.4 is 4.72 Å². The van der Waals surface area contributed by atoms with E-state index >= 15 is 0 Å². The minimum Gasteiger partial charge on any atom is -0.278 e. The number of aryl methyl sites for hydroxylation is 1. The van der Waals surface area contributed by atoms with Crippen LogP contribution in [-0.2, 0) is 17.1 Å². The second-order valence-electron chi connectivity index (χ2n) is 3.94. The minimum atomic E-state index is -3.77. The summed E-state index contributed by atoms with van der Waals surface area (Å²) in [5.41, 5.74) is 1.29. The molecule has 0 aliphatic heterocycles. The van der Waals surface area contributed by atoms with Crippen LogP contribution in [0.5, 0.6) is 0 Å². The van der Waals surface area contributed by atoms with Gasteiger partial charge in [0.05, 0.1) is 16.9 Å². The van der Waals surface area contributed by atoms with Crippen molar-refractivity contribution in [2.45, 2.75) is 11.9 Å². The largest absolute Gasteiger partial charge is 0.280 e. The second kappa shape index (κ2) is 5.15. The standard InChI is InChI=1S/C11H11BrClN3O2S/c1-7-8(12)4-3-5-10(7)15-19(17,18)11-9(13)6-14-16(11)2/h3-6,15H,1-2H3. The van der Waals surface area contributed by atoms with Crippen LogP contribution in [-0.4, -0.2) is 18.2 Å². The van der Waals surface area contributed by atoms with Gasteiger partial charge in [0.25, 0.3) is 10.0 Å². The van der Waals surface area contributed by atoms with Crippen molar-refractivity contribution >= 4 is 43.2 Å². The van der Waals surface area contributed by atoms with Crippen LogP contribution in [0.2, 0.25) is 5.02 Å². The molecule has 0 unspecified atom stereocenters. The Morgan fingerprint density at radius 3 is 2.68 bits per heavy atom. The van der Waals surface area contributed by atoms with E-state index in [-0.39, 0.29) is 10.0 Å². The van der Waals surface area contributed by atoms with E-state index in [0.717, 1.165) is 10.0 Å². The molecule has 0 spiro atoms. The first-order valence-corrected chi connectivity index (χ1v) is 7.94. The number of hydrogen-bond donors (Lipinski definition) is 1. The Labute approximate surface area is 124 Å². The number of nitrogens with one attached hydrogen (secondary N) is 1. The summed E-state index contributed by atoms with van der Waals surface area (Å²) < 4.78 is 29.1. The average molecular weight is 365 g/mol. The van der Waals surface area contributed by atoms with E-state index in [4.69, 9.17) is 11.6 Å².